The Morgan fingerprint density at radius 1 is 0.900 bits per heavy atom. The standard InChI is InChI=1S/C19H25N/c1-5-16-8-6-7-9-18(16)20-14-15-10-12-17(13-11-15)19(2,3)4/h6-13,20H,5,14H2,1-4H3. The molecule has 1 N–H and O–H groups in total. The Bertz CT molecular complexity index is 547. The molecule has 0 aliphatic carbocycles. The molecule has 0 aliphatic rings. The van der Waals surface area contributed by atoms with Crippen molar-refractivity contribution in [1.29, 1.82) is 0 Å². The van der Waals surface area contributed by atoms with E-state index in [4.69, 9.17) is 0 Å². The number of benzene rings is 2. The molecule has 0 unspecified atom stereocenters. The predicted octanol–water partition coefficient (Wildman–Crippen LogP) is 5.16. The maximum absolute atomic E-state index is 3.54. The lowest BCUT2D eigenvalue weighted by molar-refractivity contribution is 0.590. The van der Waals surface area contributed by atoms with Gasteiger partial charge in [-0.05, 0) is 34.6 Å². The van der Waals surface area contributed by atoms with E-state index in [-0.39, 0.29) is 5.41 Å². The second-order valence-electron chi connectivity index (χ2n) is 6.31. The lowest BCUT2D eigenvalue weighted by Gasteiger charge is -2.19. The Morgan fingerprint density at radius 3 is 2.15 bits per heavy atom. The van der Waals surface area contributed by atoms with Gasteiger partial charge in [0.25, 0.3) is 0 Å². The largest absolute Gasteiger partial charge is 0.381 e. The zero-order valence-electron chi connectivity index (χ0n) is 13.0. The van der Waals surface area contributed by atoms with Crippen molar-refractivity contribution in [3.63, 3.8) is 0 Å². The van der Waals surface area contributed by atoms with Gasteiger partial charge < -0.3 is 5.32 Å². The van der Waals surface area contributed by atoms with Crippen molar-refractivity contribution in [1.82, 2.24) is 0 Å². The molecule has 0 spiro atoms. The fraction of sp³-hybridized carbons (Fsp3) is 0.368. The van der Waals surface area contributed by atoms with E-state index in [1.54, 1.807) is 0 Å². The number of nitrogens with one attached hydrogen (secondary N) is 1. The average molecular weight is 267 g/mol. The van der Waals surface area contributed by atoms with Crippen LogP contribution in [0.5, 0.6) is 0 Å². The molecule has 0 bridgehead atoms. The number of anilines is 1. The number of hydrogen-bond acceptors (Lipinski definition) is 1. The van der Waals surface area contributed by atoms with E-state index in [0.717, 1.165) is 13.0 Å². The lowest BCUT2D eigenvalue weighted by atomic mass is 9.87. The highest BCUT2D eigenvalue weighted by molar-refractivity contribution is 5.51. The maximum Gasteiger partial charge on any atom is 0.0400 e. The highest BCUT2D eigenvalue weighted by atomic mass is 14.9. The Balaban J connectivity index is 2.04. The van der Waals surface area contributed by atoms with Gasteiger partial charge in [-0.25, -0.2) is 0 Å². The fourth-order valence-electron chi connectivity index (χ4n) is 2.32. The minimum absolute atomic E-state index is 0.223. The molecule has 0 radical (unpaired) electrons. The van der Waals surface area contributed by atoms with Gasteiger partial charge in [-0.1, -0.05) is 70.2 Å². The van der Waals surface area contributed by atoms with Crippen LogP contribution in [0.15, 0.2) is 48.5 Å². The van der Waals surface area contributed by atoms with Crippen molar-refractivity contribution in [2.45, 2.75) is 46.1 Å². The number of para-hydroxylation sites is 1. The average Bonchev–Trinajstić information content (AvgIpc) is 2.45. The summed E-state index contributed by atoms with van der Waals surface area (Å²) in [4.78, 5) is 0. The molecule has 0 aliphatic heterocycles. The molecule has 2 rings (SSSR count). The zero-order chi connectivity index (χ0) is 14.6. The van der Waals surface area contributed by atoms with Gasteiger partial charge in [-0.2, -0.15) is 0 Å². The van der Waals surface area contributed by atoms with E-state index < -0.39 is 0 Å². The number of rotatable bonds is 4. The summed E-state index contributed by atoms with van der Waals surface area (Å²) < 4.78 is 0. The van der Waals surface area contributed by atoms with Crippen molar-refractivity contribution in [3.8, 4) is 0 Å². The van der Waals surface area contributed by atoms with Crippen LogP contribution in [0.3, 0.4) is 0 Å². The minimum atomic E-state index is 0.223. The molecule has 1 nitrogen and oxygen atoms in total. The van der Waals surface area contributed by atoms with Gasteiger partial charge in [0.2, 0.25) is 0 Å². The van der Waals surface area contributed by atoms with Crippen molar-refractivity contribution in [2.75, 3.05) is 5.32 Å². The summed E-state index contributed by atoms with van der Waals surface area (Å²) >= 11 is 0. The number of hydrogen-bond donors (Lipinski definition) is 1. The number of aryl methyl sites for hydroxylation is 1. The quantitative estimate of drug-likeness (QED) is 0.807. The molecule has 0 saturated heterocycles. The Labute approximate surface area is 123 Å². The summed E-state index contributed by atoms with van der Waals surface area (Å²) in [6, 6.07) is 17.5. The third-order valence-electron chi connectivity index (χ3n) is 3.70. The Hall–Kier alpha value is -1.76. The van der Waals surface area contributed by atoms with Gasteiger partial charge >= 0.3 is 0 Å². The van der Waals surface area contributed by atoms with E-state index in [0.29, 0.717) is 0 Å². The summed E-state index contributed by atoms with van der Waals surface area (Å²) in [5.74, 6) is 0. The SMILES string of the molecule is CCc1ccccc1NCc1ccc(C(C)(C)C)cc1. The molecule has 0 amide bonds. The van der Waals surface area contributed by atoms with Crippen molar-refractivity contribution < 1.29 is 0 Å². The summed E-state index contributed by atoms with van der Waals surface area (Å²) in [7, 11) is 0. The molecule has 0 heterocycles. The first-order chi connectivity index (χ1) is 9.50. The summed E-state index contributed by atoms with van der Waals surface area (Å²) in [5.41, 5.74) is 5.55. The van der Waals surface area contributed by atoms with Crippen LogP contribution in [-0.4, -0.2) is 0 Å². The van der Waals surface area contributed by atoms with E-state index in [1.165, 1.54) is 22.4 Å². The van der Waals surface area contributed by atoms with Gasteiger partial charge in [0.1, 0.15) is 0 Å². The van der Waals surface area contributed by atoms with Gasteiger partial charge in [0.15, 0.2) is 0 Å². The Kier molecular flexibility index (Phi) is 4.49. The normalized spacial score (nSPS) is 11.4. The third-order valence-corrected chi connectivity index (χ3v) is 3.70. The molecule has 0 atom stereocenters. The van der Waals surface area contributed by atoms with E-state index in [1.807, 2.05) is 0 Å². The molecular weight excluding hydrogens is 242 g/mol. The second kappa shape index (κ2) is 6.13. The van der Waals surface area contributed by atoms with E-state index in [9.17, 15) is 0 Å². The smallest absolute Gasteiger partial charge is 0.0400 e. The van der Waals surface area contributed by atoms with Crippen LogP contribution in [0.4, 0.5) is 5.69 Å². The first-order valence-electron chi connectivity index (χ1n) is 7.42. The van der Waals surface area contributed by atoms with Gasteiger partial charge in [0, 0.05) is 12.2 Å². The molecule has 106 valence electrons. The second-order valence-corrected chi connectivity index (χ2v) is 6.31. The molecular formula is C19H25N. The van der Waals surface area contributed by atoms with Gasteiger partial charge in [-0.15, -0.1) is 0 Å². The van der Waals surface area contributed by atoms with Crippen LogP contribution in [0.2, 0.25) is 0 Å². The van der Waals surface area contributed by atoms with Crippen LogP contribution < -0.4 is 5.32 Å². The highest BCUT2D eigenvalue weighted by Crippen LogP contribution is 2.22. The van der Waals surface area contributed by atoms with Crippen LogP contribution >= 0.6 is 0 Å². The molecule has 0 saturated carbocycles. The monoisotopic (exact) mass is 267 g/mol. The van der Waals surface area contributed by atoms with Gasteiger partial charge in [0.05, 0.1) is 0 Å². The molecule has 1 heteroatoms. The third kappa shape index (κ3) is 3.63. The zero-order valence-corrected chi connectivity index (χ0v) is 13.0. The first-order valence-corrected chi connectivity index (χ1v) is 7.42. The van der Waals surface area contributed by atoms with Gasteiger partial charge in [-0.3, -0.25) is 0 Å². The van der Waals surface area contributed by atoms with E-state index in [2.05, 4.69) is 81.5 Å². The molecule has 0 aromatic heterocycles. The molecule has 0 fully saturated rings. The van der Waals surface area contributed by atoms with Crippen molar-refractivity contribution >= 4 is 5.69 Å². The molecule has 20 heavy (non-hydrogen) atoms. The maximum atomic E-state index is 3.54. The summed E-state index contributed by atoms with van der Waals surface area (Å²) in [6.45, 7) is 9.81. The highest BCUT2D eigenvalue weighted by Gasteiger charge is 2.12. The van der Waals surface area contributed by atoms with E-state index >= 15 is 0 Å². The van der Waals surface area contributed by atoms with Crippen molar-refractivity contribution in [2.24, 2.45) is 0 Å². The Morgan fingerprint density at radius 2 is 1.55 bits per heavy atom. The minimum Gasteiger partial charge on any atom is -0.381 e. The van der Waals surface area contributed by atoms with Crippen molar-refractivity contribution in [3.05, 3.63) is 65.2 Å². The molecule has 2 aromatic carbocycles. The summed E-state index contributed by atoms with van der Waals surface area (Å²) in [6.07, 6.45) is 1.06. The summed E-state index contributed by atoms with van der Waals surface area (Å²) in [5, 5.41) is 3.54. The van der Waals surface area contributed by atoms with Crippen LogP contribution in [0, 0.1) is 0 Å². The van der Waals surface area contributed by atoms with Crippen LogP contribution in [0.1, 0.15) is 44.4 Å². The predicted molar refractivity (Wildman–Crippen MR) is 88.3 cm³/mol. The molecule has 2 aromatic rings. The topological polar surface area (TPSA) is 12.0 Å². The lowest BCUT2D eigenvalue weighted by Crippen LogP contribution is -2.11. The van der Waals surface area contributed by atoms with Crippen LogP contribution in [0.25, 0.3) is 0 Å². The van der Waals surface area contributed by atoms with Crippen LogP contribution in [-0.2, 0) is 18.4 Å². The first kappa shape index (κ1) is 14.6. The fourth-order valence-corrected chi connectivity index (χ4v) is 2.32.